The lowest BCUT2D eigenvalue weighted by molar-refractivity contribution is -0.114. The normalized spacial score (nSPS) is 10.7. The molecule has 0 heterocycles. The van der Waals surface area contributed by atoms with Crippen LogP contribution in [0.2, 0.25) is 0 Å². The van der Waals surface area contributed by atoms with Crippen LogP contribution in [0.3, 0.4) is 0 Å². The van der Waals surface area contributed by atoms with Crippen LogP contribution in [0.5, 0.6) is 0 Å². The molecule has 2 rings (SSSR count). The number of amides is 1. The minimum atomic E-state index is -3.73. The van der Waals surface area contributed by atoms with Gasteiger partial charge in [0.1, 0.15) is 12.6 Å². The van der Waals surface area contributed by atoms with Crippen molar-refractivity contribution in [3.05, 3.63) is 59.7 Å². The lowest BCUT2D eigenvalue weighted by atomic mass is 10.2. The minimum absolute atomic E-state index is 0.183. The Bertz CT molecular complexity index is 901. The molecule has 0 aromatic heterocycles. The SMILES string of the molecule is Cc1ccccc1NC(=O)CN(c1ccccc1C#N)S(C)(=O)=O. The maximum absolute atomic E-state index is 12.3. The molecule has 24 heavy (non-hydrogen) atoms. The summed E-state index contributed by atoms with van der Waals surface area (Å²) in [5.41, 5.74) is 1.85. The molecule has 0 saturated carbocycles. The fraction of sp³-hybridized carbons (Fsp3) is 0.176. The predicted octanol–water partition coefficient (Wildman–Crippen LogP) is 2.27. The standard InChI is InChI=1S/C17H17N3O3S/c1-13-7-3-5-9-15(13)19-17(21)12-20(24(2,22)23)16-10-6-4-8-14(16)11-18/h3-10H,12H2,1-2H3,(H,19,21). The molecule has 0 atom stereocenters. The first-order valence-corrected chi connectivity index (χ1v) is 9.00. The number of carbonyl (C=O) groups excluding carboxylic acids is 1. The summed E-state index contributed by atoms with van der Waals surface area (Å²) in [5.74, 6) is -0.484. The number of benzene rings is 2. The summed E-state index contributed by atoms with van der Waals surface area (Å²) < 4.78 is 25.1. The van der Waals surface area contributed by atoms with Gasteiger partial charge in [-0.05, 0) is 30.7 Å². The molecule has 2 aromatic carbocycles. The molecule has 0 aliphatic heterocycles. The summed E-state index contributed by atoms with van der Waals surface area (Å²) in [5, 5.41) is 11.9. The van der Waals surface area contributed by atoms with Crippen LogP contribution < -0.4 is 9.62 Å². The molecule has 0 radical (unpaired) electrons. The first kappa shape index (κ1) is 17.5. The predicted molar refractivity (Wildman–Crippen MR) is 93.2 cm³/mol. The third-order valence-corrected chi connectivity index (χ3v) is 4.53. The van der Waals surface area contributed by atoms with Crippen LogP contribution in [-0.4, -0.2) is 27.1 Å². The topological polar surface area (TPSA) is 90.3 Å². The van der Waals surface area contributed by atoms with E-state index in [0.717, 1.165) is 16.1 Å². The number of hydrogen-bond donors (Lipinski definition) is 1. The summed E-state index contributed by atoms with van der Waals surface area (Å²) in [7, 11) is -3.73. The highest BCUT2D eigenvalue weighted by molar-refractivity contribution is 7.92. The van der Waals surface area contributed by atoms with Crippen LogP contribution in [0.25, 0.3) is 0 Å². The van der Waals surface area contributed by atoms with E-state index < -0.39 is 22.5 Å². The van der Waals surface area contributed by atoms with Gasteiger partial charge in [-0.2, -0.15) is 5.26 Å². The van der Waals surface area contributed by atoms with Crippen LogP contribution in [0.4, 0.5) is 11.4 Å². The van der Waals surface area contributed by atoms with Crippen LogP contribution >= 0.6 is 0 Å². The lowest BCUT2D eigenvalue weighted by Crippen LogP contribution is -2.38. The fourth-order valence-electron chi connectivity index (χ4n) is 2.20. The van der Waals surface area contributed by atoms with Gasteiger partial charge in [-0.25, -0.2) is 8.42 Å². The van der Waals surface area contributed by atoms with Crippen molar-refractivity contribution < 1.29 is 13.2 Å². The summed E-state index contributed by atoms with van der Waals surface area (Å²) in [6.45, 7) is 1.43. The maximum Gasteiger partial charge on any atom is 0.245 e. The van der Waals surface area contributed by atoms with Crippen LogP contribution in [0.15, 0.2) is 48.5 Å². The number of nitriles is 1. The number of carbonyl (C=O) groups is 1. The second-order valence-electron chi connectivity index (χ2n) is 5.26. The fourth-order valence-corrected chi connectivity index (χ4v) is 3.07. The Morgan fingerprint density at radius 1 is 1.17 bits per heavy atom. The average molecular weight is 343 g/mol. The first-order valence-electron chi connectivity index (χ1n) is 7.15. The highest BCUT2D eigenvalue weighted by Gasteiger charge is 2.23. The van der Waals surface area contributed by atoms with Crippen molar-refractivity contribution in [3.63, 3.8) is 0 Å². The molecule has 1 amide bonds. The monoisotopic (exact) mass is 343 g/mol. The van der Waals surface area contributed by atoms with E-state index >= 15 is 0 Å². The molecule has 0 fully saturated rings. The van der Waals surface area contributed by atoms with Crippen molar-refractivity contribution in [3.8, 4) is 6.07 Å². The summed E-state index contributed by atoms with van der Waals surface area (Å²) in [6.07, 6.45) is 1.00. The second-order valence-corrected chi connectivity index (χ2v) is 7.17. The lowest BCUT2D eigenvalue weighted by Gasteiger charge is -2.23. The molecule has 0 unspecified atom stereocenters. The zero-order chi connectivity index (χ0) is 17.7. The maximum atomic E-state index is 12.3. The molecule has 0 aliphatic carbocycles. The van der Waals surface area contributed by atoms with Crippen molar-refractivity contribution >= 4 is 27.3 Å². The number of rotatable bonds is 5. The zero-order valence-corrected chi connectivity index (χ0v) is 14.2. The van der Waals surface area contributed by atoms with Crippen molar-refractivity contribution in [2.24, 2.45) is 0 Å². The Labute approximate surface area is 141 Å². The van der Waals surface area contributed by atoms with E-state index in [0.29, 0.717) is 5.69 Å². The number of nitrogens with one attached hydrogen (secondary N) is 1. The van der Waals surface area contributed by atoms with Gasteiger partial charge in [-0.15, -0.1) is 0 Å². The number of anilines is 2. The van der Waals surface area contributed by atoms with Gasteiger partial charge in [0, 0.05) is 5.69 Å². The number of para-hydroxylation sites is 2. The van der Waals surface area contributed by atoms with Crippen LogP contribution in [0, 0.1) is 18.3 Å². The molecule has 0 saturated heterocycles. The summed E-state index contributed by atoms with van der Waals surface area (Å²) in [6, 6.07) is 15.4. The average Bonchev–Trinajstić information content (AvgIpc) is 2.54. The van der Waals surface area contributed by atoms with E-state index in [9.17, 15) is 13.2 Å². The quantitative estimate of drug-likeness (QED) is 0.902. The molecule has 2 aromatic rings. The third-order valence-electron chi connectivity index (χ3n) is 3.40. The summed E-state index contributed by atoms with van der Waals surface area (Å²) >= 11 is 0. The first-order chi connectivity index (χ1) is 11.3. The van der Waals surface area contributed by atoms with Crippen molar-refractivity contribution in [2.45, 2.75) is 6.92 Å². The van der Waals surface area contributed by atoms with E-state index in [-0.39, 0.29) is 11.3 Å². The van der Waals surface area contributed by atoms with E-state index in [4.69, 9.17) is 5.26 Å². The van der Waals surface area contributed by atoms with E-state index in [2.05, 4.69) is 5.32 Å². The van der Waals surface area contributed by atoms with Gasteiger partial charge < -0.3 is 5.32 Å². The van der Waals surface area contributed by atoms with E-state index in [1.54, 1.807) is 24.3 Å². The highest BCUT2D eigenvalue weighted by Crippen LogP contribution is 2.22. The Kier molecular flexibility index (Phi) is 5.21. The zero-order valence-electron chi connectivity index (χ0n) is 13.4. The van der Waals surface area contributed by atoms with Crippen molar-refractivity contribution in [1.82, 2.24) is 0 Å². The van der Waals surface area contributed by atoms with E-state index in [1.165, 1.54) is 12.1 Å². The Morgan fingerprint density at radius 3 is 2.42 bits per heavy atom. The van der Waals surface area contributed by atoms with Gasteiger partial charge >= 0.3 is 0 Å². The Hall–Kier alpha value is -2.85. The summed E-state index contributed by atoms with van der Waals surface area (Å²) in [4.78, 5) is 12.3. The molecular formula is C17H17N3O3S. The molecule has 6 nitrogen and oxygen atoms in total. The molecule has 0 aliphatic rings. The van der Waals surface area contributed by atoms with Crippen LogP contribution in [0.1, 0.15) is 11.1 Å². The minimum Gasteiger partial charge on any atom is -0.324 e. The smallest absolute Gasteiger partial charge is 0.245 e. The Morgan fingerprint density at radius 2 is 1.79 bits per heavy atom. The molecule has 0 bridgehead atoms. The molecule has 1 N–H and O–H groups in total. The van der Waals surface area contributed by atoms with Gasteiger partial charge in [-0.3, -0.25) is 9.10 Å². The van der Waals surface area contributed by atoms with Gasteiger partial charge in [0.2, 0.25) is 15.9 Å². The number of nitrogens with zero attached hydrogens (tertiary/aromatic N) is 2. The van der Waals surface area contributed by atoms with E-state index in [1.807, 2.05) is 25.1 Å². The molecule has 124 valence electrons. The van der Waals surface area contributed by atoms with Crippen molar-refractivity contribution in [2.75, 3.05) is 22.4 Å². The molecule has 7 heteroatoms. The van der Waals surface area contributed by atoms with Crippen molar-refractivity contribution in [1.29, 1.82) is 5.26 Å². The van der Waals surface area contributed by atoms with Gasteiger partial charge in [0.05, 0.1) is 17.5 Å². The number of hydrogen-bond acceptors (Lipinski definition) is 4. The van der Waals surface area contributed by atoms with Gasteiger partial charge in [0.25, 0.3) is 0 Å². The highest BCUT2D eigenvalue weighted by atomic mass is 32.2. The van der Waals surface area contributed by atoms with Gasteiger partial charge in [0.15, 0.2) is 0 Å². The third kappa shape index (κ3) is 4.12. The second kappa shape index (κ2) is 7.15. The largest absolute Gasteiger partial charge is 0.324 e. The Balaban J connectivity index is 2.30. The number of sulfonamides is 1. The van der Waals surface area contributed by atoms with Gasteiger partial charge in [-0.1, -0.05) is 30.3 Å². The molecular weight excluding hydrogens is 326 g/mol. The van der Waals surface area contributed by atoms with Crippen LogP contribution in [-0.2, 0) is 14.8 Å². The number of aryl methyl sites for hydroxylation is 1. The molecule has 0 spiro atoms.